The normalized spacial score (nSPS) is 11.2. The molecule has 0 spiro atoms. The molecule has 0 aromatic heterocycles. The fraction of sp³-hybridized carbons (Fsp3) is 0.222. The number of carbonyl (C=O) groups excluding carboxylic acids is 1. The van der Waals surface area contributed by atoms with Gasteiger partial charge in [0.15, 0.2) is 27.9 Å². The van der Waals surface area contributed by atoms with Gasteiger partial charge in [0.1, 0.15) is 0 Å². The Bertz CT molecular complexity index is 941. The van der Waals surface area contributed by atoms with E-state index in [0.29, 0.717) is 17.1 Å². The van der Waals surface area contributed by atoms with Gasteiger partial charge in [0.05, 0.1) is 31.0 Å². The van der Waals surface area contributed by atoms with Gasteiger partial charge < -0.3 is 19.6 Å². The van der Waals surface area contributed by atoms with Crippen LogP contribution < -0.4 is 14.8 Å². The number of hydrogen-bond acceptors (Lipinski definition) is 7. The summed E-state index contributed by atoms with van der Waals surface area (Å²) in [4.78, 5) is 16.9. The molecule has 2 aromatic rings. The Kier molecular flexibility index (Phi) is 6.78. The highest BCUT2D eigenvalue weighted by Crippen LogP contribution is 2.26. The number of oxime groups is 1. The number of ether oxygens (including phenoxy) is 2. The molecule has 0 saturated heterocycles. The number of rotatable bonds is 8. The van der Waals surface area contributed by atoms with Crippen molar-refractivity contribution in [2.24, 2.45) is 5.16 Å². The van der Waals surface area contributed by atoms with Crippen molar-refractivity contribution < 1.29 is 27.5 Å². The number of hydrogen-bond donors (Lipinski definition) is 1. The predicted octanol–water partition coefficient (Wildman–Crippen LogP) is 2.10. The number of sulfone groups is 1. The van der Waals surface area contributed by atoms with Crippen LogP contribution in [-0.4, -0.2) is 47.6 Å². The molecule has 0 bridgehead atoms. The molecule has 0 fully saturated rings. The highest BCUT2D eigenvalue weighted by molar-refractivity contribution is 7.90. The fourth-order valence-electron chi connectivity index (χ4n) is 2.21. The van der Waals surface area contributed by atoms with Crippen molar-refractivity contribution in [3.8, 4) is 11.5 Å². The van der Waals surface area contributed by atoms with Crippen LogP contribution in [0.3, 0.4) is 0 Å². The third kappa shape index (κ3) is 5.71. The highest BCUT2D eigenvalue weighted by atomic mass is 32.2. The van der Waals surface area contributed by atoms with E-state index in [2.05, 4.69) is 10.5 Å². The van der Waals surface area contributed by atoms with Crippen molar-refractivity contribution in [1.29, 1.82) is 0 Å². The molecule has 0 aliphatic rings. The minimum atomic E-state index is -3.46. The molecule has 0 atom stereocenters. The summed E-state index contributed by atoms with van der Waals surface area (Å²) in [6, 6.07) is 11.3. The standard InChI is InChI=1S/C18H20N2O6S/c1-24-15-9-8-13(10-16(15)25-2)11-19-26-12-18(21)20-14-6-4-5-7-17(14)27(3,22)23/h4-11H,12H2,1-3H3,(H,20,21)/b19-11-. The quantitative estimate of drug-likeness (QED) is 0.545. The van der Waals surface area contributed by atoms with Crippen LogP contribution in [0, 0.1) is 0 Å². The Morgan fingerprint density at radius 1 is 1.11 bits per heavy atom. The molecule has 0 saturated carbocycles. The minimum Gasteiger partial charge on any atom is -0.493 e. The molecule has 1 N–H and O–H groups in total. The lowest BCUT2D eigenvalue weighted by molar-refractivity contribution is -0.120. The van der Waals surface area contributed by atoms with Crippen molar-refractivity contribution in [3.63, 3.8) is 0 Å². The van der Waals surface area contributed by atoms with E-state index in [0.717, 1.165) is 6.26 Å². The maximum Gasteiger partial charge on any atom is 0.265 e. The van der Waals surface area contributed by atoms with E-state index in [9.17, 15) is 13.2 Å². The molecule has 0 unspecified atom stereocenters. The summed E-state index contributed by atoms with van der Waals surface area (Å²) in [6.07, 6.45) is 2.49. The second kappa shape index (κ2) is 9.04. The zero-order chi connectivity index (χ0) is 19.9. The lowest BCUT2D eigenvalue weighted by atomic mass is 10.2. The molecular weight excluding hydrogens is 372 g/mol. The number of para-hydroxylation sites is 1. The Labute approximate surface area is 157 Å². The molecule has 2 rings (SSSR count). The summed E-state index contributed by atoms with van der Waals surface area (Å²) >= 11 is 0. The van der Waals surface area contributed by atoms with Crippen LogP contribution in [0.25, 0.3) is 0 Å². The van der Waals surface area contributed by atoms with E-state index in [1.165, 1.54) is 32.6 Å². The predicted molar refractivity (Wildman–Crippen MR) is 101 cm³/mol. The number of amides is 1. The highest BCUT2D eigenvalue weighted by Gasteiger charge is 2.14. The zero-order valence-electron chi connectivity index (χ0n) is 15.1. The molecule has 1 amide bonds. The third-order valence-corrected chi connectivity index (χ3v) is 4.60. The summed E-state index contributed by atoms with van der Waals surface area (Å²) < 4.78 is 33.8. The zero-order valence-corrected chi connectivity index (χ0v) is 15.9. The van der Waals surface area contributed by atoms with E-state index >= 15 is 0 Å². The summed E-state index contributed by atoms with van der Waals surface area (Å²) in [7, 11) is -0.401. The molecule has 2 aromatic carbocycles. The second-order valence-corrected chi connectivity index (χ2v) is 7.42. The smallest absolute Gasteiger partial charge is 0.265 e. The lowest BCUT2D eigenvalue weighted by Crippen LogP contribution is -2.18. The average molecular weight is 392 g/mol. The largest absolute Gasteiger partial charge is 0.493 e. The summed E-state index contributed by atoms with van der Waals surface area (Å²) in [5, 5.41) is 6.22. The van der Waals surface area contributed by atoms with Crippen LogP contribution in [0.15, 0.2) is 52.5 Å². The number of nitrogens with zero attached hydrogens (tertiary/aromatic N) is 1. The molecule has 27 heavy (non-hydrogen) atoms. The number of anilines is 1. The van der Waals surface area contributed by atoms with Crippen molar-refractivity contribution in [1.82, 2.24) is 0 Å². The molecular formula is C18H20N2O6S. The van der Waals surface area contributed by atoms with Gasteiger partial charge in [-0.2, -0.15) is 0 Å². The fourth-order valence-corrected chi connectivity index (χ4v) is 3.05. The molecule has 8 nitrogen and oxygen atoms in total. The Balaban J connectivity index is 1.95. The lowest BCUT2D eigenvalue weighted by Gasteiger charge is -2.09. The van der Waals surface area contributed by atoms with Gasteiger partial charge in [0, 0.05) is 11.8 Å². The second-order valence-electron chi connectivity index (χ2n) is 5.44. The van der Waals surface area contributed by atoms with Gasteiger partial charge in [-0.05, 0) is 30.3 Å². The van der Waals surface area contributed by atoms with Gasteiger partial charge in [-0.25, -0.2) is 8.42 Å². The molecule has 144 valence electrons. The Morgan fingerprint density at radius 2 is 1.81 bits per heavy atom. The van der Waals surface area contributed by atoms with Gasteiger partial charge in [-0.1, -0.05) is 17.3 Å². The topological polar surface area (TPSA) is 103 Å². The maximum atomic E-state index is 11.9. The third-order valence-electron chi connectivity index (χ3n) is 3.44. The van der Waals surface area contributed by atoms with Crippen LogP contribution in [0.4, 0.5) is 5.69 Å². The van der Waals surface area contributed by atoms with Gasteiger partial charge >= 0.3 is 0 Å². The van der Waals surface area contributed by atoms with E-state index in [4.69, 9.17) is 14.3 Å². The monoisotopic (exact) mass is 392 g/mol. The first-order valence-corrected chi connectivity index (χ1v) is 9.70. The first kappa shape index (κ1) is 20.2. The van der Waals surface area contributed by atoms with Crippen LogP contribution in [0.1, 0.15) is 5.56 Å². The Morgan fingerprint density at radius 3 is 2.48 bits per heavy atom. The SMILES string of the molecule is COc1ccc(/C=N\OCC(=O)Nc2ccccc2S(C)(=O)=O)cc1OC. The van der Waals surface area contributed by atoms with Crippen LogP contribution >= 0.6 is 0 Å². The number of carbonyl (C=O) groups is 1. The van der Waals surface area contributed by atoms with Gasteiger partial charge in [-0.3, -0.25) is 4.79 Å². The van der Waals surface area contributed by atoms with Crippen LogP contribution in [-0.2, 0) is 19.5 Å². The summed E-state index contributed by atoms with van der Waals surface area (Å²) in [6.45, 7) is -0.373. The number of benzene rings is 2. The van der Waals surface area contributed by atoms with E-state index in [1.807, 2.05) is 0 Å². The number of nitrogens with one attached hydrogen (secondary N) is 1. The van der Waals surface area contributed by atoms with E-state index in [-0.39, 0.29) is 17.2 Å². The average Bonchev–Trinajstić information content (AvgIpc) is 2.64. The summed E-state index contributed by atoms with van der Waals surface area (Å²) in [5.41, 5.74) is 0.882. The van der Waals surface area contributed by atoms with Crippen molar-refractivity contribution in [3.05, 3.63) is 48.0 Å². The molecule has 0 radical (unpaired) electrons. The van der Waals surface area contributed by atoms with Crippen LogP contribution in [0.5, 0.6) is 11.5 Å². The van der Waals surface area contributed by atoms with Gasteiger partial charge in [0.2, 0.25) is 0 Å². The number of methoxy groups -OCH3 is 2. The molecule has 0 aliphatic heterocycles. The molecule has 9 heteroatoms. The van der Waals surface area contributed by atoms with Crippen molar-refractivity contribution >= 4 is 27.6 Å². The Hall–Kier alpha value is -3.07. The van der Waals surface area contributed by atoms with E-state index in [1.54, 1.807) is 30.3 Å². The minimum absolute atomic E-state index is 0.0344. The van der Waals surface area contributed by atoms with Crippen molar-refractivity contribution in [2.45, 2.75) is 4.90 Å². The van der Waals surface area contributed by atoms with E-state index < -0.39 is 15.7 Å². The summed E-state index contributed by atoms with van der Waals surface area (Å²) in [5.74, 6) is 0.589. The maximum absolute atomic E-state index is 11.9. The molecule has 0 heterocycles. The first-order valence-electron chi connectivity index (χ1n) is 7.81. The van der Waals surface area contributed by atoms with Crippen molar-refractivity contribution in [2.75, 3.05) is 32.4 Å². The van der Waals surface area contributed by atoms with Gasteiger partial charge in [0.25, 0.3) is 5.91 Å². The van der Waals surface area contributed by atoms with Gasteiger partial charge in [-0.15, -0.1) is 0 Å². The first-order chi connectivity index (χ1) is 12.8. The van der Waals surface area contributed by atoms with Crippen LogP contribution in [0.2, 0.25) is 0 Å². The molecule has 0 aliphatic carbocycles.